The Labute approximate surface area is 176 Å². The van der Waals surface area contributed by atoms with Gasteiger partial charge < -0.3 is 14.7 Å². The van der Waals surface area contributed by atoms with Crippen molar-refractivity contribution in [1.82, 2.24) is 20.2 Å². The first-order chi connectivity index (χ1) is 14.2. The van der Waals surface area contributed by atoms with Crippen LogP contribution in [0.4, 0.5) is 17.5 Å². The summed E-state index contributed by atoms with van der Waals surface area (Å²) in [6.45, 7) is 2.06. The van der Waals surface area contributed by atoms with E-state index in [0.29, 0.717) is 12.1 Å². The molecule has 1 aliphatic carbocycles. The number of aromatic nitrogens is 4. The number of hydrogen-bond donors (Lipinski definition) is 0. The van der Waals surface area contributed by atoms with Crippen molar-refractivity contribution in [2.24, 2.45) is 0 Å². The molecule has 0 spiro atoms. The summed E-state index contributed by atoms with van der Waals surface area (Å²) < 4.78 is 0. The Morgan fingerprint density at radius 2 is 1.72 bits per heavy atom. The lowest BCUT2D eigenvalue weighted by Crippen LogP contribution is -2.46. The van der Waals surface area contributed by atoms with E-state index in [-0.39, 0.29) is 0 Å². The molecule has 0 unspecified atom stereocenters. The van der Waals surface area contributed by atoms with Crippen LogP contribution in [0.25, 0.3) is 0 Å². The minimum Gasteiger partial charge on any atom is -0.363 e. The standard InChI is InChI=1S/C21H29N7S/c1-26(2)19-12-20(23-14-22-19)28(16-3-4-16)17-5-8-27(9-6-17)21-11-15-13-29-10-7-18(15)24-25-21/h11-12,14,16-17H,3-10,13H2,1-2H3. The SMILES string of the molecule is CN(C)c1cc(N(C2CC2)C2CCN(c3cc4c(nn3)CCSC4)CC2)ncn1. The van der Waals surface area contributed by atoms with Gasteiger partial charge in [0.2, 0.25) is 0 Å². The molecule has 0 N–H and O–H groups in total. The molecule has 29 heavy (non-hydrogen) atoms. The molecule has 7 nitrogen and oxygen atoms in total. The molecule has 2 fully saturated rings. The van der Waals surface area contributed by atoms with Crippen LogP contribution in [-0.2, 0) is 12.2 Å². The fourth-order valence-electron chi connectivity index (χ4n) is 4.41. The smallest absolute Gasteiger partial charge is 0.151 e. The highest BCUT2D eigenvalue weighted by Crippen LogP contribution is 2.36. The third kappa shape index (κ3) is 3.99. The van der Waals surface area contributed by atoms with Gasteiger partial charge >= 0.3 is 0 Å². The molecule has 0 radical (unpaired) electrons. The number of fused-ring (bicyclic) bond motifs is 1. The van der Waals surface area contributed by atoms with E-state index in [1.807, 2.05) is 30.8 Å². The van der Waals surface area contributed by atoms with E-state index >= 15 is 0 Å². The van der Waals surface area contributed by atoms with Gasteiger partial charge in [0.05, 0.1) is 5.69 Å². The monoisotopic (exact) mass is 411 g/mol. The molecule has 154 valence electrons. The summed E-state index contributed by atoms with van der Waals surface area (Å²) >= 11 is 2.00. The largest absolute Gasteiger partial charge is 0.363 e. The van der Waals surface area contributed by atoms with Gasteiger partial charge in [0.15, 0.2) is 5.82 Å². The Balaban J connectivity index is 1.29. The third-order valence-corrected chi connectivity index (χ3v) is 7.18. The first-order valence-corrected chi connectivity index (χ1v) is 11.8. The predicted octanol–water partition coefficient (Wildman–Crippen LogP) is 2.76. The molecule has 0 amide bonds. The van der Waals surface area contributed by atoms with Gasteiger partial charge in [-0.1, -0.05) is 0 Å². The number of anilines is 3. The highest BCUT2D eigenvalue weighted by molar-refractivity contribution is 7.98. The highest BCUT2D eigenvalue weighted by atomic mass is 32.2. The van der Waals surface area contributed by atoms with Crippen molar-refractivity contribution in [2.75, 3.05) is 47.6 Å². The van der Waals surface area contributed by atoms with Crippen LogP contribution in [0.3, 0.4) is 0 Å². The van der Waals surface area contributed by atoms with Gasteiger partial charge in [0, 0.05) is 57.5 Å². The van der Waals surface area contributed by atoms with Gasteiger partial charge in [0.1, 0.15) is 18.0 Å². The minimum atomic E-state index is 0.532. The van der Waals surface area contributed by atoms with Gasteiger partial charge in [-0.05, 0) is 43.1 Å². The average Bonchev–Trinajstić information content (AvgIpc) is 3.59. The van der Waals surface area contributed by atoms with Crippen molar-refractivity contribution in [3.8, 4) is 0 Å². The van der Waals surface area contributed by atoms with E-state index in [9.17, 15) is 0 Å². The number of piperidine rings is 1. The molecule has 2 aromatic heterocycles. The molecule has 0 atom stereocenters. The zero-order valence-corrected chi connectivity index (χ0v) is 18.1. The van der Waals surface area contributed by atoms with Crippen molar-refractivity contribution in [3.05, 3.63) is 29.7 Å². The maximum Gasteiger partial charge on any atom is 0.151 e. The van der Waals surface area contributed by atoms with Crippen LogP contribution in [0.2, 0.25) is 0 Å². The first kappa shape index (κ1) is 18.9. The van der Waals surface area contributed by atoms with Crippen molar-refractivity contribution < 1.29 is 0 Å². The maximum atomic E-state index is 4.63. The minimum absolute atomic E-state index is 0.532. The molecular formula is C21H29N7S. The summed E-state index contributed by atoms with van der Waals surface area (Å²) in [5.74, 6) is 5.35. The average molecular weight is 412 g/mol. The predicted molar refractivity (Wildman–Crippen MR) is 119 cm³/mol. The van der Waals surface area contributed by atoms with Crippen LogP contribution in [-0.4, -0.2) is 65.2 Å². The second kappa shape index (κ2) is 7.97. The van der Waals surface area contributed by atoms with Gasteiger partial charge in [-0.25, -0.2) is 9.97 Å². The Morgan fingerprint density at radius 3 is 2.48 bits per heavy atom. The Hall–Kier alpha value is -2.09. The van der Waals surface area contributed by atoms with Crippen LogP contribution < -0.4 is 14.7 Å². The number of hydrogen-bond acceptors (Lipinski definition) is 8. The molecule has 1 saturated carbocycles. The lowest BCUT2D eigenvalue weighted by Gasteiger charge is -2.40. The molecule has 5 rings (SSSR count). The Morgan fingerprint density at radius 1 is 0.966 bits per heavy atom. The van der Waals surface area contributed by atoms with Crippen LogP contribution >= 0.6 is 11.8 Å². The van der Waals surface area contributed by atoms with E-state index in [4.69, 9.17) is 0 Å². The summed E-state index contributed by atoms with van der Waals surface area (Å²) in [5.41, 5.74) is 2.58. The van der Waals surface area contributed by atoms with E-state index in [2.05, 4.69) is 42.1 Å². The second-order valence-electron chi connectivity index (χ2n) is 8.46. The number of thioether (sulfide) groups is 1. The lowest BCUT2D eigenvalue weighted by atomic mass is 10.0. The van der Waals surface area contributed by atoms with Gasteiger partial charge in [-0.3, -0.25) is 0 Å². The summed E-state index contributed by atoms with van der Waals surface area (Å²) in [4.78, 5) is 16.1. The van der Waals surface area contributed by atoms with E-state index in [1.54, 1.807) is 6.33 Å². The van der Waals surface area contributed by atoms with Crippen LogP contribution in [0.5, 0.6) is 0 Å². The van der Waals surface area contributed by atoms with Crippen molar-refractivity contribution >= 4 is 29.2 Å². The van der Waals surface area contributed by atoms with Crippen LogP contribution in [0.1, 0.15) is 36.9 Å². The van der Waals surface area contributed by atoms with Crippen molar-refractivity contribution in [1.29, 1.82) is 0 Å². The topological polar surface area (TPSA) is 61.3 Å². The number of nitrogens with zero attached hydrogens (tertiary/aromatic N) is 7. The molecule has 2 aliphatic heterocycles. The zero-order chi connectivity index (χ0) is 19.8. The molecule has 0 aromatic carbocycles. The molecule has 4 heterocycles. The lowest BCUT2D eigenvalue weighted by molar-refractivity contribution is 0.456. The zero-order valence-electron chi connectivity index (χ0n) is 17.3. The Kier molecular flexibility index (Phi) is 5.20. The first-order valence-electron chi connectivity index (χ1n) is 10.6. The van der Waals surface area contributed by atoms with E-state index in [0.717, 1.165) is 55.6 Å². The normalized spacial score (nSPS) is 19.7. The Bertz CT molecular complexity index is 862. The van der Waals surface area contributed by atoms with Gasteiger partial charge in [-0.2, -0.15) is 16.9 Å². The number of aryl methyl sites for hydroxylation is 1. The quantitative estimate of drug-likeness (QED) is 0.744. The molecule has 1 saturated heterocycles. The summed E-state index contributed by atoms with van der Waals surface area (Å²) in [7, 11) is 4.06. The maximum absolute atomic E-state index is 4.63. The van der Waals surface area contributed by atoms with Gasteiger partial charge in [0.25, 0.3) is 0 Å². The van der Waals surface area contributed by atoms with Crippen LogP contribution in [0, 0.1) is 0 Å². The fraction of sp³-hybridized carbons (Fsp3) is 0.619. The van der Waals surface area contributed by atoms with Crippen molar-refractivity contribution in [2.45, 2.75) is 49.9 Å². The highest BCUT2D eigenvalue weighted by Gasteiger charge is 2.37. The molecular weight excluding hydrogens is 382 g/mol. The molecule has 3 aliphatic rings. The molecule has 8 heteroatoms. The fourth-order valence-corrected chi connectivity index (χ4v) is 5.36. The molecule has 0 bridgehead atoms. The van der Waals surface area contributed by atoms with E-state index in [1.165, 1.54) is 29.9 Å². The van der Waals surface area contributed by atoms with Crippen molar-refractivity contribution in [3.63, 3.8) is 0 Å². The summed E-state index contributed by atoms with van der Waals surface area (Å²) in [5, 5.41) is 9.07. The third-order valence-electron chi connectivity index (χ3n) is 6.17. The summed E-state index contributed by atoms with van der Waals surface area (Å²) in [6, 6.07) is 5.58. The van der Waals surface area contributed by atoms with Gasteiger partial charge in [-0.15, -0.1) is 5.10 Å². The van der Waals surface area contributed by atoms with Crippen LogP contribution in [0.15, 0.2) is 18.5 Å². The van der Waals surface area contributed by atoms with E-state index < -0.39 is 0 Å². The molecule has 2 aromatic rings. The second-order valence-corrected chi connectivity index (χ2v) is 9.57. The summed E-state index contributed by atoms with van der Waals surface area (Å²) in [6.07, 6.45) is 7.57. The number of rotatable bonds is 5.